The van der Waals surface area contributed by atoms with Crippen molar-refractivity contribution < 1.29 is 0 Å². The van der Waals surface area contributed by atoms with Crippen molar-refractivity contribution in [2.24, 2.45) is 0 Å². The molecule has 1 aliphatic heterocycles. The fraction of sp³-hybridized carbons (Fsp3) is 0.600. The van der Waals surface area contributed by atoms with Gasteiger partial charge in [-0.3, -0.25) is 4.79 Å². The summed E-state index contributed by atoms with van der Waals surface area (Å²) in [5.74, 6) is 0.588. The maximum absolute atomic E-state index is 11.6. The summed E-state index contributed by atoms with van der Waals surface area (Å²) in [5.41, 5.74) is 0.659. The number of aromatic nitrogens is 5. The van der Waals surface area contributed by atoms with Crippen molar-refractivity contribution in [3.05, 3.63) is 16.2 Å². The van der Waals surface area contributed by atoms with Crippen LogP contribution < -0.4 is 10.9 Å². The number of nitrogens with zero attached hydrogens (tertiary/aromatic N) is 4. The molecule has 2 aromatic heterocycles. The third kappa shape index (κ3) is 1.82. The van der Waals surface area contributed by atoms with E-state index in [1.54, 1.807) is 11.6 Å². The fourth-order valence-corrected chi connectivity index (χ4v) is 2.22. The molecule has 1 aliphatic rings. The molecule has 2 aromatic rings. The summed E-state index contributed by atoms with van der Waals surface area (Å²) in [4.78, 5) is 18.5. The largest absolute Gasteiger partial charge is 0.312 e. The lowest BCUT2D eigenvalue weighted by Gasteiger charge is -2.09. The van der Waals surface area contributed by atoms with Gasteiger partial charge in [-0.05, 0) is 26.3 Å². The number of H-pyrrole nitrogens is 1. The highest BCUT2D eigenvalue weighted by molar-refractivity contribution is 5.67. The predicted molar refractivity (Wildman–Crippen MR) is 61.7 cm³/mol. The Morgan fingerprint density at radius 1 is 1.53 bits per heavy atom. The van der Waals surface area contributed by atoms with E-state index in [1.165, 1.54) is 6.42 Å². The Morgan fingerprint density at radius 3 is 3.18 bits per heavy atom. The summed E-state index contributed by atoms with van der Waals surface area (Å²) in [6.45, 7) is 3.52. The topological polar surface area (TPSA) is 88.5 Å². The van der Waals surface area contributed by atoms with E-state index in [9.17, 15) is 4.79 Å². The van der Waals surface area contributed by atoms with Crippen LogP contribution in [0.15, 0.2) is 4.79 Å². The van der Waals surface area contributed by atoms with Crippen molar-refractivity contribution in [3.63, 3.8) is 0 Å². The molecule has 90 valence electrons. The maximum Gasteiger partial charge on any atom is 0.281 e. The second-order valence-electron chi connectivity index (χ2n) is 4.39. The van der Waals surface area contributed by atoms with Crippen LogP contribution in [0.2, 0.25) is 0 Å². The Labute approximate surface area is 97.2 Å². The van der Waals surface area contributed by atoms with Gasteiger partial charge < -0.3 is 10.3 Å². The Hall–Kier alpha value is -1.76. The van der Waals surface area contributed by atoms with Gasteiger partial charge in [-0.2, -0.15) is 0 Å². The molecule has 1 fully saturated rings. The minimum atomic E-state index is -0.224. The molecule has 0 saturated carbocycles. The van der Waals surface area contributed by atoms with Crippen molar-refractivity contribution >= 4 is 11.2 Å². The predicted octanol–water partition coefficient (Wildman–Crippen LogP) is -0.425. The molecular formula is C10H14N6O. The minimum absolute atomic E-state index is 0.224. The van der Waals surface area contributed by atoms with Crippen LogP contribution in [0.1, 0.15) is 18.7 Å². The summed E-state index contributed by atoms with van der Waals surface area (Å²) in [7, 11) is 0. The molecule has 2 N–H and O–H groups in total. The number of aryl methyl sites for hydroxylation is 1. The van der Waals surface area contributed by atoms with Gasteiger partial charge in [0.2, 0.25) is 0 Å². The first-order valence-electron chi connectivity index (χ1n) is 5.77. The van der Waals surface area contributed by atoms with Crippen molar-refractivity contribution in [2.75, 3.05) is 6.54 Å². The Balaban J connectivity index is 2.02. The highest BCUT2D eigenvalue weighted by Gasteiger charge is 2.18. The van der Waals surface area contributed by atoms with Crippen molar-refractivity contribution in [2.45, 2.75) is 32.4 Å². The molecule has 1 saturated heterocycles. The van der Waals surface area contributed by atoms with Crippen LogP contribution in [0.4, 0.5) is 0 Å². The van der Waals surface area contributed by atoms with Gasteiger partial charge >= 0.3 is 0 Å². The number of hydrogen-bond acceptors (Lipinski definition) is 5. The van der Waals surface area contributed by atoms with E-state index < -0.39 is 0 Å². The Bertz CT molecular complexity index is 594. The molecule has 0 aliphatic carbocycles. The molecule has 0 bridgehead atoms. The van der Waals surface area contributed by atoms with Crippen LogP contribution in [0.25, 0.3) is 11.2 Å². The third-order valence-electron chi connectivity index (χ3n) is 3.05. The molecule has 7 heteroatoms. The molecule has 3 rings (SSSR count). The first kappa shape index (κ1) is 10.4. The SMILES string of the molecule is Cc1nc2c(nnn2C[C@H]2CCCN2)c(=O)[nH]1. The lowest BCUT2D eigenvalue weighted by Crippen LogP contribution is -2.27. The second kappa shape index (κ2) is 3.92. The van der Waals surface area contributed by atoms with Gasteiger partial charge in [0.15, 0.2) is 11.2 Å². The average Bonchev–Trinajstić information content (AvgIpc) is 2.89. The van der Waals surface area contributed by atoms with E-state index in [-0.39, 0.29) is 5.56 Å². The van der Waals surface area contributed by atoms with E-state index in [0.29, 0.717) is 29.6 Å². The first-order valence-corrected chi connectivity index (χ1v) is 5.77. The van der Waals surface area contributed by atoms with Crippen LogP contribution in [0.3, 0.4) is 0 Å². The van der Waals surface area contributed by atoms with Gasteiger partial charge in [0.25, 0.3) is 5.56 Å². The lowest BCUT2D eigenvalue weighted by atomic mass is 10.2. The zero-order valence-electron chi connectivity index (χ0n) is 9.60. The van der Waals surface area contributed by atoms with Crippen LogP contribution in [0.5, 0.6) is 0 Å². The minimum Gasteiger partial charge on any atom is -0.312 e. The molecule has 7 nitrogen and oxygen atoms in total. The Kier molecular flexibility index (Phi) is 2.40. The number of nitrogens with one attached hydrogen (secondary N) is 2. The standard InChI is InChI=1S/C10H14N6O/c1-6-12-9-8(10(17)13-6)14-15-16(9)5-7-3-2-4-11-7/h7,11H,2-5H2,1H3,(H,12,13,17)/t7-/m1/s1. The zero-order chi connectivity index (χ0) is 11.8. The first-order chi connectivity index (χ1) is 8.24. The summed E-state index contributed by atoms with van der Waals surface area (Å²) in [5, 5.41) is 11.3. The van der Waals surface area contributed by atoms with E-state index in [2.05, 4.69) is 25.6 Å². The molecule has 17 heavy (non-hydrogen) atoms. The molecule has 0 amide bonds. The normalized spacial score (nSPS) is 20.2. The quantitative estimate of drug-likeness (QED) is 0.736. The number of rotatable bonds is 2. The van der Waals surface area contributed by atoms with Crippen LogP contribution in [0, 0.1) is 6.92 Å². The van der Waals surface area contributed by atoms with Crippen LogP contribution in [-0.4, -0.2) is 37.5 Å². The smallest absolute Gasteiger partial charge is 0.281 e. The summed E-state index contributed by atoms with van der Waals surface area (Å²) < 4.78 is 1.71. The number of aromatic amines is 1. The van der Waals surface area contributed by atoms with E-state index in [1.807, 2.05) is 0 Å². The molecule has 0 radical (unpaired) electrons. The van der Waals surface area contributed by atoms with Gasteiger partial charge in [0.1, 0.15) is 5.82 Å². The molecule has 0 spiro atoms. The summed E-state index contributed by atoms with van der Waals surface area (Å²) in [6.07, 6.45) is 2.31. The van der Waals surface area contributed by atoms with Crippen molar-refractivity contribution in [3.8, 4) is 0 Å². The molecule has 0 aromatic carbocycles. The summed E-state index contributed by atoms with van der Waals surface area (Å²) >= 11 is 0. The third-order valence-corrected chi connectivity index (χ3v) is 3.05. The van der Waals surface area contributed by atoms with Gasteiger partial charge in [-0.25, -0.2) is 9.67 Å². The van der Waals surface area contributed by atoms with Crippen LogP contribution >= 0.6 is 0 Å². The van der Waals surface area contributed by atoms with Gasteiger partial charge in [-0.1, -0.05) is 5.21 Å². The van der Waals surface area contributed by atoms with Crippen molar-refractivity contribution in [1.82, 2.24) is 30.3 Å². The van der Waals surface area contributed by atoms with E-state index in [4.69, 9.17) is 0 Å². The van der Waals surface area contributed by atoms with Gasteiger partial charge in [-0.15, -0.1) is 5.10 Å². The maximum atomic E-state index is 11.6. The highest BCUT2D eigenvalue weighted by atomic mass is 16.1. The molecule has 1 atom stereocenters. The van der Waals surface area contributed by atoms with Gasteiger partial charge in [0.05, 0.1) is 6.54 Å². The Morgan fingerprint density at radius 2 is 2.41 bits per heavy atom. The van der Waals surface area contributed by atoms with E-state index >= 15 is 0 Å². The fourth-order valence-electron chi connectivity index (χ4n) is 2.22. The van der Waals surface area contributed by atoms with Crippen LogP contribution in [-0.2, 0) is 6.54 Å². The molecular weight excluding hydrogens is 220 g/mol. The number of hydrogen-bond donors (Lipinski definition) is 2. The van der Waals surface area contributed by atoms with Crippen molar-refractivity contribution in [1.29, 1.82) is 0 Å². The number of fused-ring (bicyclic) bond motifs is 1. The molecule has 0 unspecified atom stereocenters. The van der Waals surface area contributed by atoms with Gasteiger partial charge in [0, 0.05) is 6.04 Å². The average molecular weight is 234 g/mol. The summed E-state index contributed by atoms with van der Waals surface area (Å²) in [6, 6.07) is 0.404. The monoisotopic (exact) mass is 234 g/mol. The zero-order valence-corrected chi connectivity index (χ0v) is 9.60. The highest BCUT2D eigenvalue weighted by Crippen LogP contribution is 2.09. The molecule has 3 heterocycles. The second-order valence-corrected chi connectivity index (χ2v) is 4.39. The lowest BCUT2D eigenvalue weighted by molar-refractivity contribution is 0.474. The van der Waals surface area contributed by atoms with E-state index in [0.717, 1.165) is 13.0 Å².